The fourth-order valence-electron chi connectivity index (χ4n) is 4.53. The van der Waals surface area contributed by atoms with Crippen LogP contribution in [-0.4, -0.2) is 56.1 Å². The van der Waals surface area contributed by atoms with Crippen LogP contribution in [0.25, 0.3) is 11.1 Å². The molecule has 2 fully saturated rings. The Morgan fingerprint density at radius 1 is 0.868 bits per heavy atom. The summed E-state index contributed by atoms with van der Waals surface area (Å²) in [7, 11) is 0. The number of aromatic nitrogens is 1. The van der Waals surface area contributed by atoms with E-state index in [0.717, 1.165) is 22.5 Å². The number of carbonyl (C=O) groups is 2. The number of ether oxygens (including phenoxy) is 3. The van der Waals surface area contributed by atoms with Gasteiger partial charge in [0.15, 0.2) is 6.29 Å². The molecule has 0 radical (unpaired) electrons. The van der Waals surface area contributed by atoms with Crippen LogP contribution in [0.5, 0.6) is 0 Å². The first kappa shape index (κ1) is 25.8. The number of nitrogens with one attached hydrogen (secondary N) is 3. The fourth-order valence-corrected chi connectivity index (χ4v) is 4.53. The lowest BCUT2D eigenvalue weighted by Crippen LogP contribution is -2.28. The van der Waals surface area contributed by atoms with E-state index >= 15 is 0 Å². The second-order valence-electron chi connectivity index (χ2n) is 9.31. The van der Waals surface area contributed by atoms with Gasteiger partial charge in [-0.25, -0.2) is 4.98 Å². The van der Waals surface area contributed by atoms with Crippen LogP contribution in [0.15, 0.2) is 66.9 Å². The zero-order valence-corrected chi connectivity index (χ0v) is 21.2. The number of anilines is 3. The number of carbonyl (C=O) groups excluding carboxylic acids is 2. The van der Waals surface area contributed by atoms with Gasteiger partial charge in [0, 0.05) is 55.2 Å². The van der Waals surface area contributed by atoms with E-state index in [1.54, 1.807) is 6.20 Å². The standard InChI is InChI=1S/C29H32N4O5/c34-28(31-11-7-27-37-14-15-38-27)23-16-22(17-25(18-23)32-24-4-2-1-3-5-24)21-6-10-30-26(19-21)33-29(35)20-8-12-36-13-9-20/h1-6,10,16-20,27,32H,7-9,11-15H2,(H,31,34)(H,30,33,35). The van der Waals surface area contributed by atoms with Crippen molar-refractivity contribution in [3.8, 4) is 11.1 Å². The lowest BCUT2D eigenvalue weighted by atomic mass is 9.99. The van der Waals surface area contributed by atoms with Crippen LogP contribution >= 0.6 is 0 Å². The van der Waals surface area contributed by atoms with Gasteiger partial charge in [-0.1, -0.05) is 18.2 Å². The summed E-state index contributed by atoms with van der Waals surface area (Å²) in [4.78, 5) is 30.2. The second kappa shape index (κ2) is 12.6. The molecule has 9 nitrogen and oxygen atoms in total. The summed E-state index contributed by atoms with van der Waals surface area (Å²) in [6.07, 6.45) is 3.38. The van der Waals surface area contributed by atoms with Crippen molar-refractivity contribution >= 4 is 29.0 Å². The molecule has 2 aromatic carbocycles. The van der Waals surface area contributed by atoms with Crippen molar-refractivity contribution in [2.24, 2.45) is 5.92 Å². The molecule has 9 heteroatoms. The number of para-hydroxylation sites is 1. The minimum absolute atomic E-state index is 0.0484. The van der Waals surface area contributed by atoms with Gasteiger partial charge in [-0.15, -0.1) is 0 Å². The van der Waals surface area contributed by atoms with Crippen molar-refractivity contribution in [2.75, 3.05) is 43.6 Å². The Labute approximate surface area is 221 Å². The maximum atomic E-state index is 13.1. The van der Waals surface area contributed by atoms with Crippen LogP contribution in [0.1, 0.15) is 29.6 Å². The highest BCUT2D eigenvalue weighted by molar-refractivity contribution is 5.97. The number of nitrogens with zero attached hydrogens (tertiary/aromatic N) is 1. The SMILES string of the molecule is O=C(NCCC1OCCO1)c1cc(Nc2ccccc2)cc(-c2ccnc(NC(=O)C3CCOCC3)c2)c1. The van der Waals surface area contributed by atoms with Crippen LogP contribution in [0, 0.1) is 5.92 Å². The molecule has 5 rings (SSSR count). The van der Waals surface area contributed by atoms with Gasteiger partial charge in [0.25, 0.3) is 5.91 Å². The molecule has 3 heterocycles. The van der Waals surface area contributed by atoms with Crippen LogP contribution < -0.4 is 16.0 Å². The second-order valence-corrected chi connectivity index (χ2v) is 9.31. The van der Waals surface area contributed by atoms with Gasteiger partial charge in [-0.3, -0.25) is 9.59 Å². The first-order chi connectivity index (χ1) is 18.6. The van der Waals surface area contributed by atoms with Gasteiger partial charge >= 0.3 is 0 Å². The zero-order chi connectivity index (χ0) is 26.2. The van der Waals surface area contributed by atoms with E-state index in [-0.39, 0.29) is 24.0 Å². The van der Waals surface area contributed by atoms with Crippen molar-refractivity contribution in [1.82, 2.24) is 10.3 Å². The highest BCUT2D eigenvalue weighted by Gasteiger charge is 2.22. The Bertz CT molecular complexity index is 1240. The van der Waals surface area contributed by atoms with E-state index in [4.69, 9.17) is 14.2 Å². The van der Waals surface area contributed by atoms with E-state index in [0.29, 0.717) is 63.6 Å². The molecule has 2 aliphatic heterocycles. The summed E-state index contributed by atoms with van der Waals surface area (Å²) in [6.45, 7) is 2.79. The largest absolute Gasteiger partial charge is 0.381 e. The molecular formula is C29H32N4O5. The molecule has 0 aliphatic carbocycles. The average Bonchev–Trinajstić information content (AvgIpc) is 3.48. The Balaban J connectivity index is 1.36. The minimum Gasteiger partial charge on any atom is -0.381 e. The molecule has 3 aromatic rings. The van der Waals surface area contributed by atoms with E-state index in [2.05, 4.69) is 20.9 Å². The third-order valence-corrected chi connectivity index (χ3v) is 6.55. The van der Waals surface area contributed by atoms with Crippen molar-refractivity contribution in [3.63, 3.8) is 0 Å². The third kappa shape index (κ3) is 6.95. The molecule has 0 unspecified atom stereocenters. The van der Waals surface area contributed by atoms with Gasteiger partial charge < -0.3 is 30.2 Å². The van der Waals surface area contributed by atoms with Crippen molar-refractivity contribution in [3.05, 3.63) is 72.4 Å². The quantitative estimate of drug-likeness (QED) is 0.388. The van der Waals surface area contributed by atoms with Gasteiger partial charge in [-0.05, 0) is 66.4 Å². The molecule has 0 saturated carbocycles. The molecule has 2 saturated heterocycles. The zero-order valence-electron chi connectivity index (χ0n) is 21.2. The van der Waals surface area contributed by atoms with Crippen LogP contribution in [0.4, 0.5) is 17.2 Å². The van der Waals surface area contributed by atoms with Gasteiger partial charge in [0.2, 0.25) is 5.91 Å². The van der Waals surface area contributed by atoms with Crippen molar-refractivity contribution in [2.45, 2.75) is 25.6 Å². The monoisotopic (exact) mass is 516 g/mol. The number of pyridine rings is 1. The predicted molar refractivity (Wildman–Crippen MR) is 144 cm³/mol. The van der Waals surface area contributed by atoms with Crippen LogP contribution in [-0.2, 0) is 19.0 Å². The molecule has 1 aromatic heterocycles. The molecule has 198 valence electrons. The van der Waals surface area contributed by atoms with Gasteiger partial charge in [-0.2, -0.15) is 0 Å². The Morgan fingerprint density at radius 3 is 2.45 bits per heavy atom. The molecule has 0 atom stereocenters. The minimum atomic E-state index is -0.275. The molecule has 0 spiro atoms. The average molecular weight is 517 g/mol. The lowest BCUT2D eigenvalue weighted by Gasteiger charge is -2.21. The summed E-state index contributed by atoms with van der Waals surface area (Å²) in [6, 6.07) is 19.1. The molecule has 38 heavy (non-hydrogen) atoms. The lowest BCUT2D eigenvalue weighted by molar-refractivity contribution is -0.122. The number of benzene rings is 2. The van der Waals surface area contributed by atoms with E-state index in [9.17, 15) is 9.59 Å². The predicted octanol–water partition coefficient (Wildman–Crippen LogP) is 4.35. The molecule has 0 bridgehead atoms. The summed E-state index contributed by atoms with van der Waals surface area (Å²) >= 11 is 0. The number of hydrogen-bond acceptors (Lipinski definition) is 7. The first-order valence-electron chi connectivity index (χ1n) is 13.0. The maximum Gasteiger partial charge on any atom is 0.251 e. The van der Waals surface area contributed by atoms with E-state index in [1.165, 1.54) is 0 Å². The summed E-state index contributed by atoms with van der Waals surface area (Å²) in [5.41, 5.74) is 3.85. The summed E-state index contributed by atoms with van der Waals surface area (Å²) < 4.78 is 16.3. The molecule has 2 aliphatic rings. The van der Waals surface area contributed by atoms with Crippen molar-refractivity contribution < 1.29 is 23.8 Å². The summed E-state index contributed by atoms with van der Waals surface area (Å²) in [5.74, 6) is 0.154. The first-order valence-corrected chi connectivity index (χ1v) is 13.0. The smallest absolute Gasteiger partial charge is 0.251 e. The third-order valence-electron chi connectivity index (χ3n) is 6.55. The topological polar surface area (TPSA) is 111 Å². The highest BCUT2D eigenvalue weighted by atomic mass is 16.7. The van der Waals surface area contributed by atoms with Gasteiger partial charge in [0.05, 0.1) is 13.2 Å². The molecule has 3 N–H and O–H groups in total. The highest BCUT2D eigenvalue weighted by Crippen LogP contribution is 2.28. The Hall–Kier alpha value is -3.79. The number of hydrogen-bond donors (Lipinski definition) is 3. The van der Waals surface area contributed by atoms with E-state index < -0.39 is 0 Å². The fraction of sp³-hybridized carbons (Fsp3) is 0.345. The summed E-state index contributed by atoms with van der Waals surface area (Å²) in [5, 5.41) is 9.29. The normalized spacial score (nSPS) is 16.2. The number of rotatable bonds is 9. The molecular weight excluding hydrogens is 484 g/mol. The van der Waals surface area contributed by atoms with Crippen LogP contribution in [0.3, 0.4) is 0 Å². The Kier molecular flexibility index (Phi) is 8.60. The van der Waals surface area contributed by atoms with Crippen molar-refractivity contribution in [1.29, 1.82) is 0 Å². The van der Waals surface area contributed by atoms with Gasteiger partial charge in [0.1, 0.15) is 5.82 Å². The maximum absolute atomic E-state index is 13.1. The Morgan fingerprint density at radius 2 is 1.66 bits per heavy atom. The van der Waals surface area contributed by atoms with E-state index in [1.807, 2.05) is 60.7 Å². The molecule has 2 amide bonds. The number of amides is 2. The van der Waals surface area contributed by atoms with Crippen LogP contribution in [0.2, 0.25) is 0 Å².